The Morgan fingerprint density at radius 2 is 2.18 bits per heavy atom. The highest BCUT2D eigenvalue weighted by atomic mass is 79.9. The normalized spacial score (nSPS) is 29.8. The molecule has 96 valence electrons. The SMILES string of the molecule is CC(C)C1CCC(Br)C(Cc2cc(Br)cs2)C1. The fourth-order valence-corrected chi connectivity index (χ4v) is 5.01. The van der Waals surface area contributed by atoms with Crippen LogP contribution in [-0.2, 0) is 6.42 Å². The largest absolute Gasteiger partial charge is 0.148 e. The molecule has 0 bridgehead atoms. The molecule has 0 radical (unpaired) electrons. The Hall–Kier alpha value is 0.660. The van der Waals surface area contributed by atoms with E-state index in [2.05, 4.69) is 57.2 Å². The zero-order valence-electron chi connectivity index (χ0n) is 10.5. The Morgan fingerprint density at radius 3 is 2.76 bits per heavy atom. The van der Waals surface area contributed by atoms with Crippen molar-refractivity contribution in [2.75, 3.05) is 0 Å². The molecule has 1 aliphatic carbocycles. The van der Waals surface area contributed by atoms with Gasteiger partial charge in [-0.1, -0.05) is 29.8 Å². The summed E-state index contributed by atoms with van der Waals surface area (Å²) < 4.78 is 1.24. The summed E-state index contributed by atoms with van der Waals surface area (Å²) in [4.78, 5) is 2.24. The Labute approximate surface area is 125 Å². The lowest BCUT2D eigenvalue weighted by atomic mass is 9.75. The quantitative estimate of drug-likeness (QED) is 0.574. The van der Waals surface area contributed by atoms with Crippen molar-refractivity contribution < 1.29 is 0 Å². The van der Waals surface area contributed by atoms with Gasteiger partial charge in [-0.15, -0.1) is 11.3 Å². The van der Waals surface area contributed by atoms with Crippen molar-refractivity contribution in [2.45, 2.75) is 44.4 Å². The van der Waals surface area contributed by atoms with E-state index < -0.39 is 0 Å². The van der Waals surface area contributed by atoms with Gasteiger partial charge in [0, 0.05) is 19.6 Å². The van der Waals surface area contributed by atoms with Gasteiger partial charge in [-0.3, -0.25) is 0 Å². The summed E-state index contributed by atoms with van der Waals surface area (Å²) in [6.07, 6.45) is 5.39. The molecule has 0 spiro atoms. The number of thiophene rings is 1. The van der Waals surface area contributed by atoms with Gasteiger partial charge in [0.15, 0.2) is 0 Å². The minimum absolute atomic E-state index is 0.721. The molecule has 17 heavy (non-hydrogen) atoms. The van der Waals surface area contributed by atoms with Gasteiger partial charge in [-0.2, -0.15) is 0 Å². The van der Waals surface area contributed by atoms with E-state index in [4.69, 9.17) is 0 Å². The Balaban J connectivity index is 1.98. The molecule has 3 heteroatoms. The number of alkyl halides is 1. The summed E-state index contributed by atoms with van der Waals surface area (Å²) >= 11 is 9.32. The van der Waals surface area contributed by atoms with E-state index in [9.17, 15) is 0 Å². The van der Waals surface area contributed by atoms with Crippen LogP contribution in [0.3, 0.4) is 0 Å². The molecule has 1 saturated carbocycles. The monoisotopic (exact) mass is 378 g/mol. The van der Waals surface area contributed by atoms with Crippen molar-refractivity contribution in [3.8, 4) is 0 Å². The van der Waals surface area contributed by atoms with Crippen LogP contribution in [0.5, 0.6) is 0 Å². The van der Waals surface area contributed by atoms with Crippen LogP contribution in [0.4, 0.5) is 0 Å². The maximum absolute atomic E-state index is 3.89. The number of rotatable bonds is 3. The summed E-state index contributed by atoms with van der Waals surface area (Å²) in [6, 6.07) is 2.28. The third kappa shape index (κ3) is 3.81. The van der Waals surface area contributed by atoms with E-state index >= 15 is 0 Å². The topological polar surface area (TPSA) is 0 Å². The third-order valence-corrected chi connectivity index (χ3v) is 6.88. The summed E-state index contributed by atoms with van der Waals surface area (Å²) in [5, 5.41) is 2.20. The standard InChI is InChI=1S/C14H20Br2S/c1-9(2)10-3-4-14(16)11(5-10)6-13-7-12(15)8-17-13/h7-11,14H,3-6H2,1-2H3. The summed E-state index contributed by atoms with van der Waals surface area (Å²) in [5.74, 6) is 2.59. The lowest BCUT2D eigenvalue weighted by molar-refractivity contribution is 0.223. The Morgan fingerprint density at radius 1 is 1.41 bits per heavy atom. The first-order valence-corrected chi connectivity index (χ1v) is 9.02. The molecule has 2 rings (SSSR count). The second-order valence-electron chi connectivity index (χ2n) is 5.53. The molecule has 1 aromatic heterocycles. The summed E-state index contributed by atoms with van der Waals surface area (Å²) in [6.45, 7) is 4.75. The fraction of sp³-hybridized carbons (Fsp3) is 0.714. The molecule has 0 amide bonds. The third-order valence-electron chi connectivity index (χ3n) is 3.96. The van der Waals surface area contributed by atoms with Crippen LogP contribution in [0.2, 0.25) is 0 Å². The molecule has 0 N–H and O–H groups in total. The van der Waals surface area contributed by atoms with Crippen molar-refractivity contribution in [1.82, 2.24) is 0 Å². The van der Waals surface area contributed by atoms with E-state index in [1.807, 2.05) is 11.3 Å². The molecule has 0 aromatic carbocycles. The lowest BCUT2D eigenvalue weighted by Gasteiger charge is -2.35. The average Bonchev–Trinajstić information content (AvgIpc) is 2.67. The van der Waals surface area contributed by atoms with E-state index in [1.54, 1.807) is 0 Å². The zero-order chi connectivity index (χ0) is 12.4. The minimum atomic E-state index is 0.721. The number of halogens is 2. The zero-order valence-corrected chi connectivity index (χ0v) is 14.4. The van der Waals surface area contributed by atoms with Crippen molar-refractivity contribution in [2.24, 2.45) is 17.8 Å². The van der Waals surface area contributed by atoms with Crippen molar-refractivity contribution in [3.05, 3.63) is 20.8 Å². The Bertz CT molecular complexity index is 359. The van der Waals surface area contributed by atoms with Gasteiger partial charge in [0.2, 0.25) is 0 Å². The van der Waals surface area contributed by atoms with Crippen LogP contribution in [0.1, 0.15) is 38.0 Å². The van der Waals surface area contributed by atoms with Gasteiger partial charge in [-0.25, -0.2) is 0 Å². The minimum Gasteiger partial charge on any atom is -0.148 e. The average molecular weight is 380 g/mol. The fourth-order valence-electron chi connectivity index (χ4n) is 2.80. The van der Waals surface area contributed by atoms with E-state index in [-0.39, 0.29) is 0 Å². The molecule has 3 unspecified atom stereocenters. The molecule has 0 saturated heterocycles. The summed E-state index contributed by atoms with van der Waals surface area (Å²) in [5.41, 5.74) is 0. The van der Waals surface area contributed by atoms with Crippen LogP contribution in [0, 0.1) is 17.8 Å². The predicted octanol–water partition coefficient (Wildman–Crippen LogP) is 5.89. The summed E-state index contributed by atoms with van der Waals surface area (Å²) in [7, 11) is 0. The van der Waals surface area contributed by atoms with Gasteiger partial charge >= 0.3 is 0 Å². The van der Waals surface area contributed by atoms with Crippen LogP contribution in [0.15, 0.2) is 15.9 Å². The maximum atomic E-state index is 3.89. The molecule has 3 atom stereocenters. The second kappa shape index (κ2) is 6.21. The van der Waals surface area contributed by atoms with Crippen molar-refractivity contribution >= 4 is 43.2 Å². The van der Waals surface area contributed by atoms with Gasteiger partial charge < -0.3 is 0 Å². The molecular formula is C14H20Br2S. The Kier molecular flexibility index (Phi) is 5.14. The molecular weight excluding hydrogens is 360 g/mol. The van der Waals surface area contributed by atoms with Gasteiger partial charge in [0.1, 0.15) is 0 Å². The molecule has 0 nitrogen and oxygen atoms in total. The molecule has 1 aliphatic rings. The van der Waals surface area contributed by atoms with Gasteiger partial charge in [-0.05, 0) is 65.4 Å². The highest BCUT2D eigenvalue weighted by molar-refractivity contribution is 9.10. The highest BCUT2D eigenvalue weighted by Crippen LogP contribution is 2.39. The van der Waals surface area contributed by atoms with Crippen molar-refractivity contribution in [3.63, 3.8) is 0 Å². The van der Waals surface area contributed by atoms with Gasteiger partial charge in [0.25, 0.3) is 0 Å². The molecule has 1 heterocycles. The highest BCUT2D eigenvalue weighted by Gasteiger charge is 2.30. The van der Waals surface area contributed by atoms with E-state index in [1.165, 1.54) is 35.0 Å². The second-order valence-corrected chi connectivity index (χ2v) is 8.62. The number of hydrogen-bond donors (Lipinski definition) is 0. The predicted molar refractivity (Wildman–Crippen MR) is 84.1 cm³/mol. The van der Waals surface area contributed by atoms with Gasteiger partial charge in [0.05, 0.1) is 0 Å². The first-order valence-electron chi connectivity index (χ1n) is 6.43. The number of hydrogen-bond acceptors (Lipinski definition) is 1. The van der Waals surface area contributed by atoms with E-state index in [0.29, 0.717) is 0 Å². The molecule has 1 aromatic rings. The lowest BCUT2D eigenvalue weighted by Crippen LogP contribution is -2.28. The van der Waals surface area contributed by atoms with Crippen LogP contribution in [-0.4, -0.2) is 4.83 Å². The molecule has 1 fully saturated rings. The van der Waals surface area contributed by atoms with Crippen LogP contribution in [0.25, 0.3) is 0 Å². The van der Waals surface area contributed by atoms with E-state index in [0.717, 1.165) is 22.6 Å². The first-order chi connectivity index (χ1) is 8.06. The van der Waals surface area contributed by atoms with Crippen LogP contribution < -0.4 is 0 Å². The smallest absolute Gasteiger partial charge is 0.0285 e. The first kappa shape index (κ1) is 14.1. The maximum Gasteiger partial charge on any atom is 0.0285 e. The van der Waals surface area contributed by atoms with Crippen LogP contribution >= 0.6 is 43.2 Å². The molecule has 0 aliphatic heterocycles. The van der Waals surface area contributed by atoms with Crippen molar-refractivity contribution in [1.29, 1.82) is 0 Å².